The number of halogens is 1. The van der Waals surface area contributed by atoms with Crippen molar-refractivity contribution in [2.24, 2.45) is 11.3 Å². The van der Waals surface area contributed by atoms with E-state index in [0.717, 1.165) is 9.84 Å². The molecule has 52 valence electrons. The van der Waals surface area contributed by atoms with Gasteiger partial charge in [-0.1, -0.05) is 0 Å². The molecule has 2 bridgehead atoms. The summed E-state index contributed by atoms with van der Waals surface area (Å²) in [5.41, 5.74) is 0.696. The first-order valence-electron chi connectivity index (χ1n) is 3.50. The van der Waals surface area contributed by atoms with Crippen molar-refractivity contribution in [3.63, 3.8) is 0 Å². The first kappa shape index (κ1) is 6.20. The Morgan fingerprint density at radius 2 is 2.33 bits per heavy atom. The van der Waals surface area contributed by atoms with E-state index in [0.29, 0.717) is 26.6 Å². The zero-order valence-electron chi connectivity index (χ0n) is 5.89. The van der Waals surface area contributed by atoms with E-state index < -0.39 is 0 Å². The average molecular weight is 235 g/mol. The molecule has 0 spiro atoms. The van der Waals surface area contributed by atoms with E-state index in [-0.39, 0.29) is 0 Å². The van der Waals surface area contributed by atoms with Gasteiger partial charge in [-0.3, -0.25) is 0 Å². The van der Waals surface area contributed by atoms with Gasteiger partial charge in [0.15, 0.2) is 0 Å². The predicted octanol–water partition coefficient (Wildman–Crippen LogP) is -0.983. The Hall–Kier alpha value is 0.470. The molecule has 1 saturated carbocycles. The van der Waals surface area contributed by atoms with Gasteiger partial charge in [0.2, 0.25) is 0 Å². The van der Waals surface area contributed by atoms with E-state index in [1.807, 2.05) is 0 Å². The topological polar surface area (TPSA) is 0 Å². The van der Waals surface area contributed by atoms with Crippen LogP contribution in [0.15, 0.2) is 10.2 Å². The fourth-order valence-corrected chi connectivity index (χ4v) is 5.13. The first-order chi connectivity index (χ1) is 4.21. The van der Waals surface area contributed by atoms with Gasteiger partial charge in [0, 0.05) is 0 Å². The standard InChI is InChI=1S/C8H12I/c1-8(2)6-3-4-9-7(8)5-6/h3-4,6-7H,5H2,1-2H3/q-1. The Kier molecular flexibility index (Phi) is 1.20. The zero-order chi connectivity index (χ0) is 6.48. The molecule has 3 rings (SSSR count). The normalized spacial score (nSPS) is 45.1. The number of rotatable bonds is 0. The van der Waals surface area contributed by atoms with Crippen LogP contribution in [0.4, 0.5) is 0 Å². The second-order valence-corrected chi connectivity index (χ2v) is 6.52. The molecule has 2 atom stereocenters. The summed E-state index contributed by atoms with van der Waals surface area (Å²) < 4.78 is 3.58. The van der Waals surface area contributed by atoms with Crippen LogP contribution >= 0.6 is 0 Å². The number of hydrogen-bond acceptors (Lipinski definition) is 0. The van der Waals surface area contributed by atoms with Crippen LogP contribution in [0.25, 0.3) is 0 Å². The van der Waals surface area contributed by atoms with Crippen LogP contribution in [-0.4, -0.2) is 3.92 Å². The van der Waals surface area contributed by atoms with Crippen molar-refractivity contribution in [1.29, 1.82) is 0 Å². The van der Waals surface area contributed by atoms with Gasteiger partial charge in [-0.25, -0.2) is 0 Å². The van der Waals surface area contributed by atoms with Crippen molar-refractivity contribution in [1.82, 2.24) is 0 Å². The minimum absolute atomic E-state index is 0.448. The molecular formula is C8H12I-. The van der Waals surface area contributed by atoms with Crippen LogP contribution < -0.4 is 21.2 Å². The van der Waals surface area contributed by atoms with Crippen molar-refractivity contribution in [3.8, 4) is 0 Å². The molecule has 9 heavy (non-hydrogen) atoms. The van der Waals surface area contributed by atoms with Gasteiger partial charge in [0.1, 0.15) is 0 Å². The van der Waals surface area contributed by atoms with Crippen LogP contribution in [0, 0.1) is 11.3 Å². The monoisotopic (exact) mass is 235 g/mol. The van der Waals surface area contributed by atoms with Crippen molar-refractivity contribution in [2.75, 3.05) is 0 Å². The summed E-state index contributed by atoms with van der Waals surface area (Å²) in [7, 11) is 0. The van der Waals surface area contributed by atoms with Crippen LogP contribution in [-0.2, 0) is 0 Å². The Morgan fingerprint density at radius 3 is 2.56 bits per heavy atom. The molecule has 3 aliphatic rings. The molecule has 0 nitrogen and oxygen atoms in total. The number of allylic oxidation sites excluding steroid dienone is 1. The van der Waals surface area contributed by atoms with Crippen molar-refractivity contribution in [3.05, 3.63) is 10.2 Å². The molecule has 0 N–H and O–H groups in total. The van der Waals surface area contributed by atoms with Crippen LogP contribution in [0.1, 0.15) is 20.3 Å². The summed E-state index contributed by atoms with van der Waals surface area (Å²) in [5, 5.41) is 0. The number of hydrogen-bond donors (Lipinski definition) is 0. The molecule has 0 amide bonds. The van der Waals surface area contributed by atoms with Crippen molar-refractivity contribution < 1.29 is 21.2 Å². The number of fused-ring (bicyclic) bond motifs is 1. The molecule has 0 aromatic carbocycles. The maximum absolute atomic E-state index is 2.46. The summed E-state index contributed by atoms with van der Waals surface area (Å²) in [6, 6.07) is 0. The maximum atomic E-state index is 2.46. The molecule has 0 aromatic heterocycles. The molecule has 0 aromatic rings. The Morgan fingerprint density at radius 1 is 1.56 bits per heavy atom. The third kappa shape index (κ3) is 0.702. The third-order valence-electron chi connectivity index (χ3n) is 2.75. The number of alkyl halides is 1. The average Bonchev–Trinajstić information content (AvgIpc) is 1.89. The van der Waals surface area contributed by atoms with E-state index in [2.05, 4.69) is 24.0 Å². The van der Waals surface area contributed by atoms with E-state index in [1.54, 1.807) is 0 Å². The molecule has 1 fully saturated rings. The van der Waals surface area contributed by atoms with E-state index in [9.17, 15) is 0 Å². The van der Waals surface area contributed by atoms with E-state index >= 15 is 0 Å². The molecule has 0 saturated heterocycles. The molecule has 1 aliphatic carbocycles. The first-order valence-corrected chi connectivity index (χ1v) is 5.99. The fourth-order valence-electron chi connectivity index (χ4n) is 1.66. The Bertz CT molecular complexity index is 158. The third-order valence-corrected chi connectivity index (χ3v) is 6.57. The van der Waals surface area contributed by atoms with E-state index in [1.165, 1.54) is 6.42 Å². The summed E-state index contributed by atoms with van der Waals surface area (Å²) in [5.74, 6) is 0.941. The second-order valence-electron chi connectivity index (χ2n) is 3.58. The predicted molar refractivity (Wildman–Crippen MR) is 34.8 cm³/mol. The molecule has 2 unspecified atom stereocenters. The molecule has 1 heteroatoms. The van der Waals surface area contributed by atoms with Gasteiger partial charge in [-0.05, 0) is 0 Å². The molecule has 0 radical (unpaired) electrons. The van der Waals surface area contributed by atoms with Crippen molar-refractivity contribution >= 4 is 0 Å². The molecule has 2 heterocycles. The minimum atomic E-state index is 0.448. The quantitative estimate of drug-likeness (QED) is 0.374. The second kappa shape index (κ2) is 1.74. The van der Waals surface area contributed by atoms with Gasteiger partial charge < -0.3 is 0 Å². The summed E-state index contributed by atoms with van der Waals surface area (Å²) in [6.07, 6.45) is 3.96. The SMILES string of the molecule is CC1(C)C2C=C[I-]C1C2. The van der Waals surface area contributed by atoms with Crippen molar-refractivity contribution in [2.45, 2.75) is 24.2 Å². The fraction of sp³-hybridized carbons (Fsp3) is 0.750. The molecular weight excluding hydrogens is 223 g/mol. The summed E-state index contributed by atoms with van der Waals surface area (Å²) in [6.45, 7) is 4.85. The van der Waals surface area contributed by atoms with Crippen LogP contribution in [0.5, 0.6) is 0 Å². The van der Waals surface area contributed by atoms with Gasteiger partial charge in [0.05, 0.1) is 0 Å². The van der Waals surface area contributed by atoms with Crippen LogP contribution in [0.2, 0.25) is 0 Å². The van der Waals surface area contributed by atoms with Gasteiger partial charge in [0.25, 0.3) is 0 Å². The summed E-state index contributed by atoms with van der Waals surface area (Å²) >= 11 is 0.448. The van der Waals surface area contributed by atoms with Gasteiger partial charge in [-0.15, -0.1) is 0 Å². The Labute approximate surface area is 67.0 Å². The van der Waals surface area contributed by atoms with Gasteiger partial charge >= 0.3 is 66.9 Å². The van der Waals surface area contributed by atoms with E-state index in [4.69, 9.17) is 0 Å². The van der Waals surface area contributed by atoms with Crippen LogP contribution in [0.3, 0.4) is 0 Å². The summed E-state index contributed by atoms with van der Waals surface area (Å²) in [4.78, 5) is 0. The van der Waals surface area contributed by atoms with Gasteiger partial charge in [-0.2, -0.15) is 0 Å². The Balaban J connectivity index is 2.27. The molecule has 2 aliphatic heterocycles. The zero-order valence-corrected chi connectivity index (χ0v) is 8.05.